The Balaban J connectivity index is 1.61. The second-order valence-corrected chi connectivity index (χ2v) is 9.67. The summed E-state index contributed by atoms with van der Waals surface area (Å²) in [6.07, 6.45) is 4.21. The molecule has 0 saturated carbocycles. The molecule has 0 radical (unpaired) electrons. The molecule has 0 spiro atoms. The summed E-state index contributed by atoms with van der Waals surface area (Å²) in [7, 11) is -3.77. The number of carbonyl (C=O) groups is 1. The number of nitrogens with one attached hydrogen (secondary N) is 2. The van der Waals surface area contributed by atoms with Gasteiger partial charge in [-0.3, -0.25) is 14.5 Å². The molecule has 4 aromatic rings. The highest BCUT2D eigenvalue weighted by molar-refractivity contribution is 7.92. The molecule has 170 valence electrons. The molecule has 2 N–H and O–H groups in total. The van der Waals surface area contributed by atoms with Crippen molar-refractivity contribution in [2.45, 2.75) is 31.3 Å². The van der Waals surface area contributed by atoms with E-state index in [1.807, 2.05) is 29.7 Å². The number of benzene rings is 2. The minimum Gasteiger partial charge on any atom is -0.347 e. The zero-order valence-corrected chi connectivity index (χ0v) is 19.5. The van der Waals surface area contributed by atoms with Crippen molar-refractivity contribution in [2.24, 2.45) is 0 Å². The van der Waals surface area contributed by atoms with Gasteiger partial charge in [0.05, 0.1) is 4.90 Å². The fourth-order valence-corrected chi connectivity index (χ4v) is 4.76. The maximum Gasteiger partial charge on any atom is 0.268 e. The maximum atomic E-state index is 12.9. The topological polar surface area (TPSA) is 93.1 Å². The summed E-state index contributed by atoms with van der Waals surface area (Å²) in [5.41, 5.74) is 2.75. The normalized spacial score (nSPS) is 11.5. The van der Waals surface area contributed by atoms with Crippen molar-refractivity contribution in [3.05, 3.63) is 89.3 Å². The monoisotopic (exact) mass is 482 g/mol. The van der Waals surface area contributed by atoms with Gasteiger partial charge in [0.15, 0.2) is 0 Å². The molecule has 2 heterocycles. The van der Waals surface area contributed by atoms with Crippen molar-refractivity contribution in [3.63, 3.8) is 0 Å². The fourth-order valence-electron chi connectivity index (χ4n) is 3.59. The van der Waals surface area contributed by atoms with Crippen LogP contribution in [0.5, 0.6) is 0 Å². The first-order valence-corrected chi connectivity index (χ1v) is 12.3. The average molecular weight is 483 g/mol. The standard InChI is InChI=1S/C24H23ClN4O3S/c1-2-13-29-22-8-5-20(28-33(31,32)21-6-3-19(25)4-7-21)14-18(22)15-23(29)24(30)27-16-17-9-11-26-12-10-17/h3-12,14-15,28H,2,13,16H2,1H3,(H,27,30). The fraction of sp³-hybridized carbons (Fsp3) is 0.167. The van der Waals surface area contributed by atoms with Crippen LogP contribution in [-0.4, -0.2) is 23.9 Å². The number of fused-ring (bicyclic) bond motifs is 1. The molecule has 2 aromatic heterocycles. The zero-order valence-electron chi connectivity index (χ0n) is 18.0. The molecule has 4 rings (SSSR count). The molecule has 0 atom stereocenters. The van der Waals surface area contributed by atoms with E-state index in [9.17, 15) is 13.2 Å². The summed E-state index contributed by atoms with van der Waals surface area (Å²) >= 11 is 5.86. The molecule has 2 aromatic carbocycles. The minimum absolute atomic E-state index is 0.117. The predicted molar refractivity (Wildman–Crippen MR) is 130 cm³/mol. The Morgan fingerprint density at radius 3 is 2.45 bits per heavy atom. The second kappa shape index (κ2) is 9.64. The third kappa shape index (κ3) is 5.18. The van der Waals surface area contributed by atoms with Gasteiger partial charge in [-0.05, 0) is 72.6 Å². The lowest BCUT2D eigenvalue weighted by Gasteiger charge is -2.11. The third-order valence-corrected chi connectivity index (χ3v) is 6.81. The number of pyridine rings is 1. The Morgan fingerprint density at radius 2 is 1.76 bits per heavy atom. The smallest absolute Gasteiger partial charge is 0.268 e. The van der Waals surface area contributed by atoms with Gasteiger partial charge in [0.1, 0.15) is 5.69 Å². The summed E-state index contributed by atoms with van der Waals surface area (Å²) in [5, 5.41) is 4.18. The number of nitrogens with zero attached hydrogens (tertiary/aromatic N) is 2. The molecule has 1 amide bonds. The number of sulfonamides is 1. The Labute approximate surface area is 197 Å². The van der Waals surface area contributed by atoms with E-state index in [4.69, 9.17) is 11.6 Å². The van der Waals surface area contributed by atoms with E-state index in [2.05, 4.69) is 15.0 Å². The van der Waals surface area contributed by atoms with E-state index in [0.717, 1.165) is 22.9 Å². The highest BCUT2D eigenvalue weighted by Crippen LogP contribution is 2.26. The summed E-state index contributed by atoms with van der Waals surface area (Å²) < 4.78 is 30.0. The number of anilines is 1. The first-order valence-electron chi connectivity index (χ1n) is 10.5. The van der Waals surface area contributed by atoms with E-state index in [0.29, 0.717) is 29.5 Å². The zero-order chi connectivity index (χ0) is 23.4. The molecule has 0 fully saturated rings. The van der Waals surface area contributed by atoms with Gasteiger partial charge in [0, 0.05) is 47.1 Å². The van der Waals surface area contributed by atoms with Crippen molar-refractivity contribution < 1.29 is 13.2 Å². The van der Waals surface area contributed by atoms with Crippen molar-refractivity contribution in [1.29, 1.82) is 0 Å². The maximum absolute atomic E-state index is 12.9. The van der Waals surface area contributed by atoms with E-state index < -0.39 is 10.0 Å². The van der Waals surface area contributed by atoms with Crippen LogP contribution in [0.3, 0.4) is 0 Å². The molecule has 0 aliphatic carbocycles. The number of rotatable bonds is 8. The van der Waals surface area contributed by atoms with Crippen molar-refractivity contribution in [3.8, 4) is 0 Å². The van der Waals surface area contributed by atoms with Crippen LogP contribution in [0.1, 0.15) is 29.4 Å². The first-order chi connectivity index (χ1) is 15.9. The van der Waals surface area contributed by atoms with Crippen molar-refractivity contribution in [1.82, 2.24) is 14.9 Å². The molecule has 0 bridgehead atoms. The van der Waals surface area contributed by atoms with Gasteiger partial charge in [0.2, 0.25) is 0 Å². The lowest BCUT2D eigenvalue weighted by atomic mass is 10.2. The van der Waals surface area contributed by atoms with Crippen LogP contribution in [0.4, 0.5) is 5.69 Å². The molecular formula is C24H23ClN4O3S. The molecule has 0 unspecified atom stereocenters. The lowest BCUT2D eigenvalue weighted by Crippen LogP contribution is -2.25. The van der Waals surface area contributed by atoms with Gasteiger partial charge >= 0.3 is 0 Å². The number of hydrogen-bond donors (Lipinski definition) is 2. The van der Waals surface area contributed by atoms with Gasteiger partial charge < -0.3 is 9.88 Å². The van der Waals surface area contributed by atoms with Gasteiger partial charge in [-0.25, -0.2) is 8.42 Å². The largest absolute Gasteiger partial charge is 0.347 e. The van der Waals surface area contributed by atoms with Gasteiger partial charge in [-0.1, -0.05) is 18.5 Å². The molecular weight excluding hydrogens is 460 g/mol. The molecule has 0 saturated heterocycles. The van der Waals surface area contributed by atoms with Crippen molar-refractivity contribution in [2.75, 3.05) is 4.72 Å². The summed E-state index contributed by atoms with van der Waals surface area (Å²) in [4.78, 5) is 17.0. The molecule has 7 nitrogen and oxygen atoms in total. The van der Waals surface area contributed by atoms with Crippen LogP contribution in [0.25, 0.3) is 10.9 Å². The van der Waals surface area contributed by atoms with E-state index in [1.165, 1.54) is 24.3 Å². The summed E-state index contributed by atoms with van der Waals surface area (Å²) in [5.74, 6) is -0.195. The van der Waals surface area contributed by atoms with Gasteiger partial charge in [-0.2, -0.15) is 0 Å². The van der Waals surface area contributed by atoms with E-state index in [1.54, 1.807) is 30.6 Å². The van der Waals surface area contributed by atoms with Crippen LogP contribution in [-0.2, 0) is 23.1 Å². The number of halogens is 1. The number of carbonyl (C=O) groups excluding carboxylic acids is 1. The number of aryl methyl sites for hydroxylation is 1. The van der Waals surface area contributed by atoms with Crippen LogP contribution in [0.2, 0.25) is 5.02 Å². The van der Waals surface area contributed by atoms with Gasteiger partial charge in [0.25, 0.3) is 15.9 Å². The Morgan fingerprint density at radius 1 is 1.03 bits per heavy atom. The van der Waals surface area contributed by atoms with Crippen LogP contribution in [0.15, 0.2) is 78.0 Å². The van der Waals surface area contributed by atoms with E-state index in [-0.39, 0.29) is 10.8 Å². The lowest BCUT2D eigenvalue weighted by molar-refractivity contribution is 0.0942. The summed E-state index contributed by atoms with van der Waals surface area (Å²) in [6.45, 7) is 3.09. The highest BCUT2D eigenvalue weighted by atomic mass is 35.5. The average Bonchev–Trinajstić information content (AvgIpc) is 3.16. The molecule has 0 aliphatic heterocycles. The highest BCUT2D eigenvalue weighted by Gasteiger charge is 2.18. The molecule has 0 aliphatic rings. The van der Waals surface area contributed by atoms with Crippen molar-refractivity contribution >= 4 is 44.1 Å². The Bertz CT molecular complexity index is 1380. The first kappa shape index (κ1) is 22.8. The van der Waals surface area contributed by atoms with Crippen LogP contribution >= 0.6 is 11.6 Å². The Hall–Kier alpha value is -3.36. The SMILES string of the molecule is CCCn1c(C(=O)NCc2ccncc2)cc2cc(NS(=O)(=O)c3ccc(Cl)cc3)ccc21. The van der Waals surface area contributed by atoms with Crippen LogP contribution in [0, 0.1) is 0 Å². The second-order valence-electron chi connectivity index (χ2n) is 7.55. The quantitative estimate of drug-likeness (QED) is 0.376. The predicted octanol–water partition coefficient (Wildman–Crippen LogP) is 4.83. The van der Waals surface area contributed by atoms with Gasteiger partial charge in [-0.15, -0.1) is 0 Å². The molecule has 33 heavy (non-hydrogen) atoms. The molecule has 9 heteroatoms. The number of amides is 1. The Kier molecular flexibility index (Phi) is 6.67. The minimum atomic E-state index is -3.77. The van der Waals surface area contributed by atoms with E-state index >= 15 is 0 Å². The summed E-state index contributed by atoms with van der Waals surface area (Å²) in [6, 6.07) is 16.7. The number of aromatic nitrogens is 2. The number of hydrogen-bond acceptors (Lipinski definition) is 4. The third-order valence-electron chi connectivity index (χ3n) is 5.16. The van der Waals surface area contributed by atoms with Crippen LogP contribution < -0.4 is 10.0 Å².